The zero-order valence-corrected chi connectivity index (χ0v) is 13.3. The number of urea groups is 1. The molecule has 1 aromatic carbocycles. The van der Waals surface area contributed by atoms with Crippen molar-refractivity contribution in [3.63, 3.8) is 0 Å². The molecule has 0 spiro atoms. The Hall–Kier alpha value is -2.08. The number of nitrogens with one attached hydrogen (secondary N) is 2. The summed E-state index contributed by atoms with van der Waals surface area (Å²) in [5.74, 6) is -0.193. The molecule has 1 saturated heterocycles. The van der Waals surface area contributed by atoms with Gasteiger partial charge in [-0.25, -0.2) is 4.79 Å². The smallest absolute Gasteiger partial charge is 0.318 e. The van der Waals surface area contributed by atoms with Crippen molar-refractivity contribution in [3.05, 3.63) is 35.4 Å². The summed E-state index contributed by atoms with van der Waals surface area (Å²) in [6.07, 6.45) is 2.08. The van der Waals surface area contributed by atoms with Crippen LogP contribution >= 0.6 is 0 Å². The highest BCUT2D eigenvalue weighted by Crippen LogP contribution is 2.46. The normalized spacial score (nSPS) is 22.4. The van der Waals surface area contributed by atoms with E-state index < -0.39 is 6.04 Å². The number of aliphatic hydroxyl groups excluding tert-OH is 1. The minimum absolute atomic E-state index is 0.120. The largest absolute Gasteiger partial charge is 0.396 e. The number of hydrogen-bond donors (Lipinski definition) is 3. The van der Waals surface area contributed by atoms with Crippen molar-refractivity contribution >= 4 is 11.9 Å². The average Bonchev–Trinajstić information content (AvgIpc) is 3.30. The van der Waals surface area contributed by atoms with Gasteiger partial charge in [-0.15, -0.1) is 0 Å². The number of carbonyl (C=O) groups excluding carboxylic acids is 2. The van der Waals surface area contributed by atoms with Crippen LogP contribution in [-0.2, 0) is 10.3 Å². The topological polar surface area (TPSA) is 81.7 Å². The number of carbonyl (C=O) groups is 2. The molecule has 0 aromatic heterocycles. The lowest BCUT2D eigenvalue weighted by molar-refractivity contribution is -0.128. The van der Waals surface area contributed by atoms with Crippen molar-refractivity contribution in [2.45, 2.75) is 37.8 Å². The molecule has 124 valence electrons. The van der Waals surface area contributed by atoms with Crippen LogP contribution in [0, 0.1) is 6.92 Å². The third-order valence-electron chi connectivity index (χ3n) is 4.75. The first-order valence-corrected chi connectivity index (χ1v) is 8.11. The van der Waals surface area contributed by atoms with Gasteiger partial charge in [-0.3, -0.25) is 4.79 Å². The summed E-state index contributed by atoms with van der Waals surface area (Å²) in [6, 6.07) is 7.25. The predicted molar refractivity (Wildman–Crippen MR) is 85.8 cm³/mol. The summed E-state index contributed by atoms with van der Waals surface area (Å²) in [5, 5.41) is 15.0. The molecule has 1 aliphatic carbocycles. The average molecular weight is 317 g/mol. The number of aliphatic hydroxyl groups is 1. The Labute approximate surface area is 135 Å². The van der Waals surface area contributed by atoms with E-state index in [4.69, 9.17) is 5.11 Å². The highest BCUT2D eigenvalue weighted by Gasteiger charge is 2.48. The Kier molecular flexibility index (Phi) is 4.26. The Morgan fingerprint density at radius 1 is 1.43 bits per heavy atom. The summed E-state index contributed by atoms with van der Waals surface area (Å²) < 4.78 is 0. The van der Waals surface area contributed by atoms with Gasteiger partial charge < -0.3 is 20.6 Å². The van der Waals surface area contributed by atoms with E-state index in [1.807, 2.05) is 25.1 Å². The molecule has 1 heterocycles. The number of piperazine rings is 1. The van der Waals surface area contributed by atoms with E-state index in [2.05, 4.69) is 16.7 Å². The third-order valence-corrected chi connectivity index (χ3v) is 4.75. The third kappa shape index (κ3) is 3.03. The second kappa shape index (κ2) is 6.20. The first-order chi connectivity index (χ1) is 11.1. The fraction of sp³-hybridized carbons (Fsp3) is 0.529. The maximum absolute atomic E-state index is 12.7. The van der Waals surface area contributed by atoms with Crippen molar-refractivity contribution < 1.29 is 14.7 Å². The summed E-state index contributed by atoms with van der Waals surface area (Å²) in [4.78, 5) is 26.2. The Bertz CT molecular complexity index is 613. The molecule has 0 bridgehead atoms. The van der Waals surface area contributed by atoms with Gasteiger partial charge in [-0.1, -0.05) is 24.3 Å². The SMILES string of the molecule is Cc1ccccc1C1(NC(=O)N2CCNC(=O)C2CCO)CC1. The Morgan fingerprint density at radius 2 is 2.17 bits per heavy atom. The number of amides is 3. The highest BCUT2D eigenvalue weighted by atomic mass is 16.3. The zero-order chi connectivity index (χ0) is 16.4. The molecule has 6 heteroatoms. The number of aryl methyl sites for hydroxylation is 1. The molecular formula is C17H23N3O3. The number of nitrogens with zero attached hydrogens (tertiary/aromatic N) is 1. The van der Waals surface area contributed by atoms with Gasteiger partial charge in [-0.2, -0.15) is 0 Å². The lowest BCUT2D eigenvalue weighted by Crippen LogP contribution is -2.60. The van der Waals surface area contributed by atoms with Crippen LogP contribution < -0.4 is 10.6 Å². The molecule has 6 nitrogen and oxygen atoms in total. The first-order valence-electron chi connectivity index (χ1n) is 8.11. The molecule has 1 atom stereocenters. The maximum atomic E-state index is 12.7. The van der Waals surface area contributed by atoms with Crippen molar-refractivity contribution in [1.29, 1.82) is 0 Å². The van der Waals surface area contributed by atoms with Gasteiger partial charge >= 0.3 is 6.03 Å². The predicted octanol–water partition coefficient (Wildman–Crippen LogP) is 0.877. The summed E-state index contributed by atoms with van der Waals surface area (Å²) in [6.45, 7) is 2.84. The molecule has 3 rings (SSSR count). The lowest BCUT2D eigenvalue weighted by Gasteiger charge is -2.36. The molecule has 1 aliphatic heterocycles. The van der Waals surface area contributed by atoms with E-state index in [9.17, 15) is 9.59 Å². The van der Waals surface area contributed by atoms with E-state index >= 15 is 0 Å². The molecule has 2 aliphatic rings. The second-order valence-corrected chi connectivity index (χ2v) is 6.34. The van der Waals surface area contributed by atoms with E-state index in [-0.39, 0.29) is 30.5 Å². The van der Waals surface area contributed by atoms with Crippen LogP contribution in [0.4, 0.5) is 4.79 Å². The van der Waals surface area contributed by atoms with Crippen molar-refractivity contribution in [3.8, 4) is 0 Å². The lowest BCUT2D eigenvalue weighted by atomic mass is 9.99. The van der Waals surface area contributed by atoms with Crippen LogP contribution in [0.2, 0.25) is 0 Å². The fourth-order valence-electron chi connectivity index (χ4n) is 3.34. The van der Waals surface area contributed by atoms with Gasteiger partial charge in [0.15, 0.2) is 0 Å². The minimum Gasteiger partial charge on any atom is -0.396 e. The van der Waals surface area contributed by atoms with E-state index in [0.29, 0.717) is 13.1 Å². The highest BCUT2D eigenvalue weighted by molar-refractivity contribution is 5.88. The fourth-order valence-corrected chi connectivity index (χ4v) is 3.34. The van der Waals surface area contributed by atoms with Crippen molar-refractivity contribution in [1.82, 2.24) is 15.5 Å². The molecular weight excluding hydrogens is 294 g/mol. The monoisotopic (exact) mass is 317 g/mol. The van der Waals surface area contributed by atoms with Gasteiger partial charge in [0.05, 0.1) is 5.54 Å². The van der Waals surface area contributed by atoms with Gasteiger partial charge in [0, 0.05) is 19.7 Å². The molecule has 3 N–H and O–H groups in total. The van der Waals surface area contributed by atoms with E-state index in [1.54, 1.807) is 4.90 Å². The van der Waals surface area contributed by atoms with Crippen LogP contribution in [0.15, 0.2) is 24.3 Å². The second-order valence-electron chi connectivity index (χ2n) is 6.34. The van der Waals surface area contributed by atoms with Crippen LogP contribution in [0.3, 0.4) is 0 Å². The Morgan fingerprint density at radius 3 is 2.83 bits per heavy atom. The molecule has 1 saturated carbocycles. The van der Waals surface area contributed by atoms with Crippen LogP contribution in [0.5, 0.6) is 0 Å². The Balaban J connectivity index is 1.76. The van der Waals surface area contributed by atoms with Gasteiger partial charge in [0.25, 0.3) is 0 Å². The van der Waals surface area contributed by atoms with E-state index in [0.717, 1.165) is 24.0 Å². The number of hydrogen-bond acceptors (Lipinski definition) is 3. The quantitative estimate of drug-likeness (QED) is 0.771. The van der Waals surface area contributed by atoms with Gasteiger partial charge in [-0.05, 0) is 37.3 Å². The number of rotatable bonds is 4. The van der Waals surface area contributed by atoms with Crippen LogP contribution in [-0.4, -0.2) is 47.7 Å². The summed E-state index contributed by atoms with van der Waals surface area (Å²) >= 11 is 0. The first kappa shape index (κ1) is 15.8. The molecule has 3 amide bonds. The van der Waals surface area contributed by atoms with Crippen LogP contribution in [0.25, 0.3) is 0 Å². The number of benzene rings is 1. The van der Waals surface area contributed by atoms with Gasteiger partial charge in [0.2, 0.25) is 5.91 Å². The zero-order valence-electron chi connectivity index (χ0n) is 13.3. The van der Waals surface area contributed by atoms with Gasteiger partial charge in [0.1, 0.15) is 6.04 Å². The maximum Gasteiger partial charge on any atom is 0.318 e. The van der Waals surface area contributed by atoms with E-state index in [1.165, 1.54) is 0 Å². The molecule has 1 unspecified atom stereocenters. The van der Waals surface area contributed by atoms with Crippen molar-refractivity contribution in [2.75, 3.05) is 19.7 Å². The molecule has 0 radical (unpaired) electrons. The molecule has 23 heavy (non-hydrogen) atoms. The van der Waals surface area contributed by atoms with Crippen LogP contribution in [0.1, 0.15) is 30.4 Å². The standard InChI is InChI=1S/C17H23N3O3/c1-12-4-2-3-5-13(12)17(7-8-17)19-16(23)20-10-9-18-15(22)14(20)6-11-21/h2-5,14,21H,6-11H2,1H3,(H,18,22)(H,19,23). The molecule has 2 fully saturated rings. The summed E-state index contributed by atoms with van der Waals surface area (Å²) in [7, 11) is 0. The summed E-state index contributed by atoms with van der Waals surface area (Å²) in [5.41, 5.74) is 2.00. The minimum atomic E-state index is -0.596. The molecule has 1 aromatic rings. The van der Waals surface area contributed by atoms with Crippen molar-refractivity contribution in [2.24, 2.45) is 0 Å².